The Kier molecular flexibility index (Phi) is 8.72. The zero-order valence-corrected chi connectivity index (χ0v) is 13.9. The fourth-order valence-electron chi connectivity index (χ4n) is 2.05. The number of nitrogens with one attached hydrogen (secondary N) is 1. The average molecular weight is 328 g/mol. The highest BCUT2D eigenvalue weighted by Gasteiger charge is 2.17. The largest absolute Gasteiger partial charge is 0.465 e. The van der Waals surface area contributed by atoms with Gasteiger partial charge in [-0.2, -0.15) is 0 Å². The van der Waals surface area contributed by atoms with E-state index in [1.54, 1.807) is 11.4 Å². The molecule has 2 N–H and O–H groups in total. The Bertz CT molecular complexity index is 476. The number of carbonyl (C=O) groups excluding carboxylic acids is 2. The number of rotatable bonds is 10. The minimum Gasteiger partial charge on any atom is -0.465 e. The smallest absolute Gasteiger partial charge is 0.350 e. The van der Waals surface area contributed by atoms with E-state index in [9.17, 15) is 9.59 Å². The van der Waals surface area contributed by atoms with Gasteiger partial charge >= 0.3 is 5.97 Å². The summed E-state index contributed by atoms with van der Waals surface area (Å²) in [7, 11) is 1.31. The molecule has 0 aliphatic heterocycles. The van der Waals surface area contributed by atoms with Crippen molar-refractivity contribution in [1.82, 2.24) is 4.90 Å². The standard InChI is InChI=1S/C15H24N2O4S/c1-3-4-5-7-17(8-9-18)11-13(19)16-12-6-10-22-14(12)15(20)21-2/h6,10,18H,3-5,7-9,11H2,1-2H3,(H,16,19). The second kappa shape index (κ2) is 10.3. The van der Waals surface area contributed by atoms with Crippen molar-refractivity contribution in [3.8, 4) is 0 Å². The molecule has 0 radical (unpaired) electrons. The summed E-state index contributed by atoms with van der Waals surface area (Å²) in [6.45, 7) is 3.57. The molecule has 0 spiro atoms. The molecule has 6 nitrogen and oxygen atoms in total. The van der Waals surface area contributed by atoms with Gasteiger partial charge in [0.15, 0.2) is 0 Å². The third-order valence-electron chi connectivity index (χ3n) is 3.17. The monoisotopic (exact) mass is 328 g/mol. The quantitative estimate of drug-likeness (QED) is 0.507. The van der Waals surface area contributed by atoms with Crippen molar-refractivity contribution in [3.63, 3.8) is 0 Å². The SMILES string of the molecule is CCCCCN(CCO)CC(=O)Nc1ccsc1C(=O)OC. The maximum Gasteiger partial charge on any atom is 0.350 e. The molecule has 0 aliphatic carbocycles. The van der Waals surface area contributed by atoms with Crippen LogP contribution in [0.1, 0.15) is 35.9 Å². The first kappa shape index (κ1) is 18.6. The molecule has 0 aliphatic rings. The van der Waals surface area contributed by atoms with Crippen LogP contribution < -0.4 is 5.32 Å². The van der Waals surface area contributed by atoms with E-state index in [-0.39, 0.29) is 19.1 Å². The molecule has 0 unspecified atom stereocenters. The van der Waals surface area contributed by atoms with Crippen LogP contribution in [0.3, 0.4) is 0 Å². The molecular formula is C15H24N2O4S. The van der Waals surface area contributed by atoms with E-state index < -0.39 is 5.97 Å². The van der Waals surface area contributed by atoms with Gasteiger partial charge in [0.1, 0.15) is 4.88 Å². The van der Waals surface area contributed by atoms with Gasteiger partial charge in [-0.1, -0.05) is 19.8 Å². The van der Waals surface area contributed by atoms with Crippen LogP contribution in [0.15, 0.2) is 11.4 Å². The van der Waals surface area contributed by atoms with Crippen LogP contribution in [-0.2, 0) is 9.53 Å². The lowest BCUT2D eigenvalue weighted by Gasteiger charge is -2.20. The van der Waals surface area contributed by atoms with E-state index in [1.807, 2.05) is 4.90 Å². The summed E-state index contributed by atoms with van der Waals surface area (Å²) in [6.07, 6.45) is 3.20. The number of unbranched alkanes of at least 4 members (excludes halogenated alkanes) is 2. The van der Waals surface area contributed by atoms with E-state index in [0.29, 0.717) is 17.1 Å². The molecule has 0 atom stereocenters. The van der Waals surface area contributed by atoms with Gasteiger partial charge in [0.2, 0.25) is 5.91 Å². The number of nitrogens with zero attached hydrogens (tertiary/aromatic N) is 1. The first-order valence-electron chi connectivity index (χ1n) is 7.41. The number of aliphatic hydroxyl groups is 1. The number of thiophene rings is 1. The Labute approximate surface area is 135 Å². The molecule has 1 amide bonds. The van der Waals surface area contributed by atoms with Crippen molar-refractivity contribution >= 4 is 28.9 Å². The van der Waals surface area contributed by atoms with Gasteiger partial charge in [-0.15, -0.1) is 11.3 Å². The summed E-state index contributed by atoms with van der Waals surface area (Å²) in [5.74, 6) is -0.658. The summed E-state index contributed by atoms with van der Waals surface area (Å²) in [5, 5.41) is 13.5. The fraction of sp³-hybridized carbons (Fsp3) is 0.600. The van der Waals surface area contributed by atoms with E-state index in [1.165, 1.54) is 18.4 Å². The molecule has 1 aromatic rings. The van der Waals surface area contributed by atoms with E-state index in [2.05, 4.69) is 17.0 Å². The minimum atomic E-state index is -0.458. The van der Waals surface area contributed by atoms with Gasteiger partial charge in [-0.05, 0) is 24.4 Å². The number of hydrogen-bond donors (Lipinski definition) is 2. The van der Waals surface area contributed by atoms with Crippen molar-refractivity contribution in [3.05, 3.63) is 16.3 Å². The van der Waals surface area contributed by atoms with E-state index in [0.717, 1.165) is 25.8 Å². The first-order chi connectivity index (χ1) is 10.6. The molecule has 7 heteroatoms. The normalized spacial score (nSPS) is 10.7. The van der Waals surface area contributed by atoms with Crippen LogP contribution in [0.4, 0.5) is 5.69 Å². The fourth-order valence-corrected chi connectivity index (χ4v) is 2.81. The summed E-state index contributed by atoms with van der Waals surface area (Å²) < 4.78 is 4.68. The van der Waals surface area contributed by atoms with E-state index in [4.69, 9.17) is 5.11 Å². The zero-order valence-electron chi connectivity index (χ0n) is 13.1. The summed E-state index contributed by atoms with van der Waals surface area (Å²) in [6, 6.07) is 1.68. The molecule has 22 heavy (non-hydrogen) atoms. The summed E-state index contributed by atoms with van der Waals surface area (Å²) in [4.78, 5) is 26.0. The van der Waals surface area contributed by atoms with Gasteiger partial charge in [-0.25, -0.2) is 4.79 Å². The average Bonchev–Trinajstić information content (AvgIpc) is 2.94. The molecular weight excluding hydrogens is 304 g/mol. The molecule has 1 heterocycles. The Balaban J connectivity index is 2.56. The molecule has 124 valence electrons. The second-order valence-corrected chi connectivity index (χ2v) is 5.83. The van der Waals surface area contributed by atoms with Gasteiger partial charge in [0, 0.05) is 6.54 Å². The maximum atomic E-state index is 12.1. The van der Waals surface area contributed by atoms with Crippen molar-refractivity contribution in [2.24, 2.45) is 0 Å². The summed E-state index contributed by atoms with van der Waals surface area (Å²) in [5.41, 5.74) is 0.472. The highest BCUT2D eigenvalue weighted by Crippen LogP contribution is 2.23. The van der Waals surface area contributed by atoms with Crippen molar-refractivity contribution < 1.29 is 19.4 Å². The molecule has 1 aromatic heterocycles. The van der Waals surface area contributed by atoms with Crippen LogP contribution in [0.5, 0.6) is 0 Å². The lowest BCUT2D eigenvalue weighted by molar-refractivity contribution is -0.117. The van der Waals surface area contributed by atoms with Gasteiger partial charge < -0.3 is 15.2 Å². The van der Waals surface area contributed by atoms with E-state index >= 15 is 0 Å². The predicted molar refractivity (Wildman–Crippen MR) is 87.3 cm³/mol. The third kappa shape index (κ3) is 6.13. The Morgan fingerprint density at radius 1 is 1.36 bits per heavy atom. The molecule has 0 fully saturated rings. The maximum absolute atomic E-state index is 12.1. The van der Waals surface area contributed by atoms with Gasteiger partial charge in [-0.3, -0.25) is 9.69 Å². The Morgan fingerprint density at radius 3 is 2.77 bits per heavy atom. The number of amides is 1. The van der Waals surface area contributed by atoms with Crippen LogP contribution in [0, 0.1) is 0 Å². The second-order valence-electron chi connectivity index (χ2n) is 4.91. The lowest BCUT2D eigenvalue weighted by atomic mass is 10.2. The first-order valence-corrected chi connectivity index (χ1v) is 8.29. The number of esters is 1. The topological polar surface area (TPSA) is 78.9 Å². The summed E-state index contributed by atoms with van der Waals surface area (Å²) >= 11 is 1.23. The highest BCUT2D eigenvalue weighted by atomic mass is 32.1. The number of methoxy groups -OCH3 is 1. The number of hydrogen-bond acceptors (Lipinski definition) is 6. The highest BCUT2D eigenvalue weighted by molar-refractivity contribution is 7.12. The number of anilines is 1. The van der Waals surface area contributed by atoms with Crippen molar-refractivity contribution in [2.45, 2.75) is 26.2 Å². The molecule has 0 saturated carbocycles. The Morgan fingerprint density at radius 2 is 2.14 bits per heavy atom. The van der Waals surface area contributed by atoms with Crippen LogP contribution in [0.25, 0.3) is 0 Å². The molecule has 1 rings (SSSR count). The number of aliphatic hydroxyl groups excluding tert-OH is 1. The predicted octanol–water partition coefficient (Wildman–Crippen LogP) is 1.96. The van der Waals surface area contributed by atoms with Crippen LogP contribution >= 0.6 is 11.3 Å². The lowest BCUT2D eigenvalue weighted by Crippen LogP contribution is -2.36. The Hall–Kier alpha value is -1.44. The number of carbonyl (C=O) groups is 2. The zero-order chi connectivity index (χ0) is 16.4. The minimum absolute atomic E-state index is 0.0191. The van der Waals surface area contributed by atoms with Crippen LogP contribution in [0.2, 0.25) is 0 Å². The van der Waals surface area contributed by atoms with Crippen LogP contribution in [-0.4, -0.2) is 55.2 Å². The molecule has 0 saturated heterocycles. The number of ether oxygens (including phenoxy) is 1. The third-order valence-corrected chi connectivity index (χ3v) is 4.07. The van der Waals surface area contributed by atoms with Crippen molar-refractivity contribution in [1.29, 1.82) is 0 Å². The van der Waals surface area contributed by atoms with Crippen molar-refractivity contribution in [2.75, 3.05) is 38.7 Å². The van der Waals surface area contributed by atoms with Gasteiger partial charge in [0.25, 0.3) is 0 Å². The van der Waals surface area contributed by atoms with Gasteiger partial charge in [0.05, 0.1) is 25.9 Å². The molecule has 0 aromatic carbocycles. The molecule has 0 bridgehead atoms.